The second-order valence-corrected chi connectivity index (χ2v) is 5.35. The van der Waals surface area contributed by atoms with Gasteiger partial charge in [-0.05, 0) is 22.9 Å². The molecule has 3 nitrogen and oxygen atoms in total. The summed E-state index contributed by atoms with van der Waals surface area (Å²) >= 11 is 1.44. The molecule has 0 saturated carbocycles. The van der Waals surface area contributed by atoms with Crippen LogP contribution in [0.1, 0.15) is 4.88 Å². The zero-order chi connectivity index (χ0) is 14.7. The van der Waals surface area contributed by atoms with Gasteiger partial charge in [0.15, 0.2) is 5.76 Å². The molecular weight excluding hydrogens is 284 g/mol. The smallest absolute Gasteiger partial charge is 0.332 e. The number of aliphatic carboxylic acids is 1. The van der Waals surface area contributed by atoms with Gasteiger partial charge in [-0.2, -0.15) is 0 Å². The summed E-state index contributed by atoms with van der Waals surface area (Å²) in [6.45, 7) is 0. The highest BCUT2D eigenvalue weighted by atomic mass is 32.1. The van der Waals surface area contributed by atoms with Crippen molar-refractivity contribution in [3.05, 3.63) is 70.9 Å². The van der Waals surface area contributed by atoms with Crippen LogP contribution in [0.2, 0.25) is 0 Å². The first-order valence-corrected chi connectivity index (χ1v) is 7.26. The van der Waals surface area contributed by atoms with Gasteiger partial charge < -0.3 is 9.84 Å². The van der Waals surface area contributed by atoms with Crippen LogP contribution in [-0.4, -0.2) is 11.1 Å². The van der Waals surface area contributed by atoms with E-state index in [0.717, 1.165) is 21.7 Å². The van der Waals surface area contributed by atoms with E-state index >= 15 is 0 Å². The van der Waals surface area contributed by atoms with Crippen molar-refractivity contribution in [2.24, 2.45) is 0 Å². The van der Waals surface area contributed by atoms with E-state index in [9.17, 15) is 4.79 Å². The fourth-order valence-electron chi connectivity index (χ4n) is 2.08. The molecule has 0 saturated heterocycles. The Morgan fingerprint density at radius 1 is 1.05 bits per heavy atom. The largest absolute Gasteiger partial charge is 0.478 e. The number of carboxylic acids is 1. The quantitative estimate of drug-likeness (QED) is 0.573. The first-order chi connectivity index (χ1) is 10.2. The molecule has 4 heteroatoms. The zero-order valence-electron chi connectivity index (χ0n) is 11.0. The molecule has 0 unspecified atom stereocenters. The minimum absolute atomic E-state index is 0.342. The van der Waals surface area contributed by atoms with Crippen LogP contribution in [0.5, 0.6) is 5.75 Å². The van der Waals surface area contributed by atoms with Gasteiger partial charge in [0.2, 0.25) is 0 Å². The summed E-state index contributed by atoms with van der Waals surface area (Å²) < 4.78 is 5.87. The Kier molecular flexibility index (Phi) is 3.71. The Labute approximate surface area is 125 Å². The van der Waals surface area contributed by atoms with Crippen molar-refractivity contribution < 1.29 is 14.6 Å². The Bertz CT molecular complexity index is 799. The lowest BCUT2D eigenvalue weighted by Crippen LogP contribution is -1.98. The van der Waals surface area contributed by atoms with Gasteiger partial charge in [0.25, 0.3) is 0 Å². The van der Waals surface area contributed by atoms with Crippen LogP contribution in [0, 0.1) is 0 Å². The summed E-state index contributed by atoms with van der Waals surface area (Å²) in [6, 6.07) is 17.3. The Hall–Kier alpha value is -2.59. The lowest BCUT2D eigenvalue weighted by Gasteiger charge is -2.10. The fraction of sp³-hybridized carbons (Fsp3) is 0. The van der Waals surface area contributed by atoms with Gasteiger partial charge in [-0.3, -0.25) is 0 Å². The number of carbonyl (C=O) groups is 1. The number of benzene rings is 2. The molecule has 0 aliphatic rings. The van der Waals surface area contributed by atoms with Crippen molar-refractivity contribution in [1.82, 2.24) is 0 Å². The molecule has 1 heterocycles. The van der Waals surface area contributed by atoms with Crippen molar-refractivity contribution in [1.29, 1.82) is 0 Å². The molecule has 0 bridgehead atoms. The molecule has 1 aromatic heterocycles. The molecular formula is C17H12O3S. The number of hydrogen-bond acceptors (Lipinski definition) is 3. The van der Waals surface area contributed by atoms with Crippen LogP contribution in [-0.2, 0) is 4.79 Å². The molecule has 21 heavy (non-hydrogen) atoms. The van der Waals surface area contributed by atoms with E-state index in [1.807, 2.05) is 60.0 Å². The highest BCUT2D eigenvalue weighted by Crippen LogP contribution is 2.30. The normalized spacial score (nSPS) is 11.5. The molecule has 0 amide bonds. The van der Waals surface area contributed by atoms with Gasteiger partial charge in [-0.25, -0.2) is 4.79 Å². The average Bonchev–Trinajstić information content (AvgIpc) is 3.01. The maximum Gasteiger partial charge on any atom is 0.332 e. The third kappa shape index (κ3) is 2.95. The maximum atomic E-state index is 11.0. The van der Waals surface area contributed by atoms with E-state index in [2.05, 4.69) is 0 Å². The van der Waals surface area contributed by atoms with Crippen molar-refractivity contribution >= 4 is 33.8 Å². The first-order valence-electron chi connectivity index (χ1n) is 6.38. The van der Waals surface area contributed by atoms with Gasteiger partial charge in [-0.15, -0.1) is 11.3 Å². The molecule has 3 aromatic rings. The lowest BCUT2D eigenvalue weighted by atomic mass is 10.1. The van der Waals surface area contributed by atoms with E-state index in [1.54, 1.807) is 0 Å². The average molecular weight is 296 g/mol. The molecule has 0 aliphatic heterocycles. The molecule has 2 aromatic carbocycles. The Balaban J connectivity index is 2.05. The molecule has 3 rings (SSSR count). The number of ether oxygens (including phenoxy) is 1. The summed E-state index contributed by atoms with van der Waals surface area (Å²) in [5, 5.41) is 12.9. The highest BCUT2D eigenvalue weighted by Gasteiger charge is 2.10. The monoisotopic (exact) mass is 296 g/mol. The van der Waals surface area contributed by atoms with Gasteiger partial charge in [-0.1, -0.05) is 42.5 Å². The number of thiophene rings is 1. The number of carboxylic acid groups (broad SMARTS) is 1. The SMILES string of the molecule is O=C(O)/C=C(/Oc1cccc2ccccc12)c1cccs1. The predicted molar refractivity (Wildman–Crippen MR) is 84.5 cm³/mol. The van der Waals surface area contributed by atoms with Gasteiger partial charge in [0.1, 0.15) is 5.75 Å². The molecule has 0 radical (unpaired) electrons. The van der Waals surface area contributed by atoms with E-state index in [4.69, 9.17) is 9.84 Å². The third-order valence-electron chi connectivity index (χ3n) is 2.99. The van der Waals surface area contributed by atoms with Crippen LogP contribution in [0.4, 0.5) is 0 Å². The molecule has 1 N–H and O–H groups in total. The predicted octanol–water partition coefficient (Wildman–Crippen LogP) is 4.41. The molecule has 0 fully saturated rings. The van der Waals surface area contributed by atoms with Crippen molar-refractivity contribution in [3.63, 3.8) is 0 Å². The topological polar surface area (TPSA) is 46.5 Å². The number of rotatable bonds is 4. The van der Waals surface area contributed by atoms with E-state index < -0.39 is 5.97 Å². The van der Waals surface area contributed by atoms with Crippen LogP contribution in [0.15, 0.2) is 66.1 Å². The van der Waals surface area contributed by atoms with Crippen molar-refractivity contribution in [3.8, 4) is 5.75 Å². The fourth-order valence-corrected chi connectivity index (χ4v) is 2.76. The van der Waals surface area contributed by atoms with Crippen LogP contribution in [0.3, 0.4) is 0 Å². The number of fused-ring (bicyclic) bond motifs is 1. The summed E-state index contributed by atoms with van der Waals surface area (Å²) in [7, 11) is 0. The second-order valence-electron chi connectivity index (χ2n) is 4.40. The van der Waals surface area contributed by atoms with Crippen molar-refractivity contribution in [2.75, 3.05) is 0 Å². The van der Waals surface area contributed by atoms with Crippen LogP contribution < -0.4 is 4.74 Å². The van der Waals surface area contributed by atoms with E-state index in [0.29, 0.717) is 11.5 Å². The van der Waals surface area contributed by atoms with Gasteiger partial charge in [0.05, 0.1) is 11.0 Å². The number of hydrogen-bond donors (Lipinski definition) is 1. The molecule has 0 atom stereocenters. The first kappa shape index (κ1) is 13.4. The van der Waals surface area contributed by atoms with Crippen molar-refractivity contribution in [2.45, 2.75) is 0 Å². The lowest BCUT2D eigenvalue weighted by molar-refractivity contribution is -0.131. The van der Waals surface area contributed by atoms with Gasteiger partial charge >= 0.3 is 5.97 Å². The minimum atomic E-state index is -1.03. The summed E-state index contributed by atoms with van der Waals surface area (Å²) in [6.07, 6.45) is 1.09. The highest BCUT2D eigenvalue weighted by molar-refractivity contribution is 7.11. The summed E-state index contributed by atoms with van der Waals surface area (Å²) in [4.78, 5) is 11.8. The summed E-state index contributed by atoms with van der Waals surface area (Å²) in [5.41, 5.74) is 0. The summed E-state index contributed by atoms with van der Waals surface area (Å²) in [5.74, 6) is -0.0403. The zero-order valence-corrected chi connectivity index (χ0v) is 11.8. The Morgan fingerprint density at radius 2 is 1.86 bits per heavy atom. The minimum Gasteiger partial charge on any atom is -0.478 e. The van der Waals surface area contributed by atoms with E-state index in [1.165, 1.54) is 11.3 Å². The maximum absolute atomic E-state index is 11.0. The Morgan fingerprint density at radius 3 is 2.62 bits per heavy atom. The second kappa shape index (κ2) is 5.81. The standard InChI is InChI=1S/C17H12O3S/c18-17(19)11-15(16-9-4-10-21-16)20-14-8-3-6-12-5-1-2-7-13(12)14/h1-11H,(H,18,19)/b15-11+. The third-order valence-corrected chi connectivity index (χ3v) is 3.87. The van der Waals surface area contributed by atoms with Crippen LogP contribution in [0.25, 0.3) is 16.5 Å². The van der Waals surface area contributed by atoms with Gasteiger partial charge in [0, 0.05) is 5.39 Å². The molecule has 104 valence electrons. The van der Waals surface area contributed by atoms with Crippen LogP contribution >= 0.6 is 11.3 Å². The molecule has 0 spiro atoms. The molecule has 0 aliphatic carbocycles. The van der Waals surface area contributed by atoms with E-state index in [-0.39, 0.29) is 0 Å².